The molecule has 0 saturated carbocycles. The summed E-state index contributed by atoms with van der Waals surface area (Å²) in [4.78, 5) is 25.1. The van der Waals surface area contributed by atoms with E-state index in [1.54, 1.807) is 24.3 Å². The number of hydrogen-bond donors (Lipinski definition) is 2. The normalized spacial score (nSPS) is 10.4. The molecule has 4 nitrogen and oxygen atoms in total. The first-order valence-corrected chi connectivity index (χ1v) is 9.25. The lowest BCUT2D eigenvalue weighted by molar-refractivity contribution is 0.0951. The molecule has 0 aliphatic rings. The first-order chi connectivity index (χ1) is 13.4. The number of amides is 2. The maximum atomic E-state index is 12.6. The standard InChI is InChI=1S/C24H24N2O2/c1-16-7-4-9-19(13-16)15-25-23(27)20-10-6-11-21(14-20)24(28)26-22-12-5-8-17(2)18(22)3/h4-14H,15H2,1-3H3,(H,25,27)(H,26,28). The molecule has 0 bridgehead atoms. The van der Waals surface area contributed by atoms with Gasteiger partial charge < -0.3 is 10.6 Å². The predicted molar refractivity (Wildman–Crippen MR) is 113 cm³/mol. The van der Waals surface area contributed by atoms with Crippen LogP contribution < -0.4 is 10.6 Å². The van der Waals surface area contributed by atoms with Crippen molar-refractivity contribution >= 4 is 17.5 Å². The van der Waals surface area contributed by atoms with Crippen LogP contribution in [0.5, 0.6) is 0 Å². The molecule has 0 saturated heterocycles. The van der Waals surface area contributed by atoms with Crippen LogP contribution in [0.15, 0.2) is 66.7 Å². The first kappa shape index (κ1) is 19.4. The molecule has 0 spiro atoms. The van der Waals surface area contributed by atoms with E-state index < -0.39 is 0 Å². The van der Waals surface area contributed by atoms with E-state index in [9.17, 15) is 9.59 Å². The second kappa shape index (κ2) is 8.53. The molecule has 4 heteroatoms. The number of carbonyl (C=O) groups excluding carboxylic acids is 2. The average Bonchev–Trinajstić information content (AvgIpc) is 2.70. The van der Waals surface area contributed by atoms with E-state index in [4.69, 9.17) is 0 Å². The van der Waals surface area contributed by atoms with Crippen molar-refractivity contribution < 1.29 is 9.59 Å². The highest BCUT2D eigenvalue weighted by Gasteiger charge is 2.12. The Morgan fingerprint density at radius 3 is 2.21 bits per heavy atom. The van der Waals surface area contributed by atoms with Crippen LogP contribution in [-0.2, 0) is 6.54 Å². The van der Waals surface area contributed by atoms with Gasteiger partial charge >= 0.3 is 0 Å². The van der Waals surface area contributed by atoms with Crippen molar-refractivity contribution in [3.8, 4) is 0 Å². The minimum Gasteiger partial charge on any atom is -0.348 e. The minimum absolute atomic E-state index is 0.206. The van der Waals surface area contributed by atoms with Crippen molar-refractivity contribution in [3.63, 3.8) is 0 Å². The van der Waals surface area contributed by atoms with Gasteiger partial charge in [-0.25, -0.2) is 0 Å². The Kier molecular flexibility index (Phi) is 5.90. The molecule has 0 unspecified atom stereocenters. The SMILES string of the molecule is Cc1cccc(CNC(=O)c2cccc(C(=O)Nc3cccc(C)c3C)c2)c1. The van der Waals surface area contributed by atoms with Crippen LogP contribution in [0.3, 0.4) is 0 Å². The van der Waals surface area contributed by atoms with Crippen LogP contribution in [0.4, 0.5) is 5.69 Å². The highest BCUT2D eigenvalue weighted by Crippen LogP contribution is 2.19. The average molecular weight is 372 g/mol. The molecule has 0 aliphatic carbocycles. The van der Waals surface area contributed by atoms with E-state index in [0.29, 0.717) is 17.7 Å². The molecule has 3 aromatic carbocycles. The summed E-state index contributed by atoms with van der Waals surface area (Å²) in [5, 5.41) is 5.83. The van der Waals surface area contributed by atoms with Crippen LogP contribution in [0.1, 0.15) is 43.0 Å². The third-order valence-corrected chi connectivity index (χ3v) is 4.78. The van der Waals surface area contributed by atoms with Gasteiger partial charge in [-0.15, -0.1) is 0 Å². The molecule has 28 heavy (non-hydrogen) atoms. The van der Waals surface area contributed by atoms with Gasteiger partial charge in [-0.1, -0.05) is 48.0 Å². The number of aryl methyl sites for hydroxylation is 2. The molecule has 3 aromatic rings. The molecular weight excluding hydrogens is 348 g/mol. The lowest BCUT2D eigenvalue weighted by Gasteiger charge is -2.11. The summed E-state index contributed by atoms with van der Waals surface area (Å²) >= 11 is 0. The van der Waals surface area contributed by atoms with E-state index >= 15 is 0 Å². The first-order valence-electron chi connectivity index (χ1n) is 9.25. The Hall–Kier alpha value is -3.40. The maximum Gasteiger partial charge on any atom is 0.255 e. The van der Waals surface area contributed by atoms with Crippen molar-refractivity contribution in [2.75, 3.05) is 5.32 Å². The van der Waals surface area contributed by atoms with E-state index in [1.807, 2.05) is 63.2 Å². The van der Waals surface area contributed by atoms with Crippen molar-refractivity contribution in [2.45, 2.75) is 27.3 Å². The van der Waals surface area contributed by atoms with E-state index in [-0.39, 0.29) is 11.8 Å². The summed E-state index contributed by atoms with van der Waals surface area (Å²) in [6, 6.07) is 20.5. The molecule has 0 aliphatic heterocycles. The number of hydrogen-bond acceptors (Lipinski definition) is 2. The zero-order chi connectivity index (χ0) is 20.1. The van der Waals surface area contributed by atoms with E-state index in [0.717, 1.165) is 27.9 Å². The highest BCUT2D eigenvalue weighted by atomic mass is 16.2. The Morgan fingerprint density at radius 2 is 1.46 bits per heavy atom. The Morgan fingerprint density at radius 1 is 0.786 bits per heavy atom. The second-order valence-electron chi connectivity index (χ2n) is 6.95. The number of carbonyl (C=O) groups is 2. The quantitative estimate of drug-likeness (QED) is 0.676. The lowest BCUT2D eigenvalue weighted by atomic mass is 10.1. The fourth-order valence-corrected chi connectivity index (χ4v) is 2.99. The van der Waals surface area contributed by atoms with Gasteiger partial charge in [-0.05, 0) is 61.7 Å². The Labute approximate surface area is 165 Å². The molecule has 0 radical (unpaired) electrons. The van der Waals surface area contributed by atoms with Crippen molar-refractivity contribution in [2.24, 2.45) is 0 Å². The molecular formula is C24H24N2O2. The van der Waals surface area contributed by atoms with Gasteiger partial charge in [0.25, 0.3) is 11.8 Å². The molecule has 2 N–H and O–H groups in total. The van der Waals surface area contributed by atoms with E-state index in [1.165, 1.54) is 0 Å². The van der Waals surface area contributed by atoms with Crippen molar-refractivity contribution in [1.82, 2.24) is 5.32 Å². The van der Waals surface area contributed by atoms with Gasteiger partial charge in [-0.2, -0.15) is 0 Å². The molecule has 0 atom stereocenters. The zero-order valence-electron chi connectivity index (χ0n) is 16.4. The summed E-state index contributed by atoms with van der Waals surface area (Å²) in [7, 11) is 0. The Balaban J connectivity index is 1.69. The predicted octanol–water partition coefficient (Wildman–Crippen LogP) is 4.79. The molecule has 0 heterocycles. The monoisotopic (exact) mass is 372 g/mol. The summed E-state index contributed by atoms with van der Waals surface area (Å²) in [5.74, 6) is -0.440. The smallest absolute Gasteiger partial charge is 0.255 e. The molecule has 142 valence electrons. The van der Waals surface area contributed by atoms with Gasteiger partial charge in [0.05, 0.1) is 0 Å². The van der Waals surface area contributed by atoms with Crippen molar-refractivity contribution in [1.29, 1.82) is 0 Å². The summed E-state index contributed by atoms with van der Waals surface area (Å²) < 4.78 is 0. The second-order valence-corrected chi connectivity index (χ2v) is 6.95. The molecule has 2 amide bonds. The van der Waals surface area contributed by atoms with Gasteiger partial charge in [0.15, 0.2) is 0 Å². The van der Waals surface area contributed by atoms with E-state index in [2.05, 4.69) is 10.6 Å². The van der Waals surface area contributed by atoms with Gasteiger partial charge in [-0.3, -0.25) is 9.59 Å². The molecule has 0 aromatic heterocycles. The van der Waals surface area contributed by atoms with Gasteiger partial charge in [0.1, 0.15) is 0 Å². The topological polar surface area (TPSA) is 58.2 Å². The zero-order valence-corrected chi connectivity index (χ0v) is 16.4. The minimum atomic E-state index is -0.234. The summed E-state index contributed by atoms with van der Waals surface area (Å²) in [6.45, 7) is 6.44. The highest BCUT2D eigenvalue weighted by molar-refractivity contribution is 6.06. The lowest BCUT2D eigenvalue weighted by Crippen LogP contribution is -2.23. The van der Waals surface area contributed by atoms with Crippen LogP contribution in [0, 0.1) is 20.8 Å². The molecule has 0 fully saturated rings. The van der Waals surface area contributed by atoms with Crippen molar-refractivity contribution in [3.05, 3.63) is 100 Å². The fourth-order valence-electron chi connectivity index (χ4n) is 2.99. The fraction of sp³-hybridized carbons (Fsp3) is 0.167. The van der Waals surface area contributed by atoms with Gasteiger partial charge in [0.2, 0.25) is 0 Å². The summed E-state index contributed by atoms with van der Waals surface area (Å²) in [5.41, 5.74) is 6.02. The number of nitrogens with one attached hydrogen (secondary N) is 2. The van der Waals surface area contributed by atoms with Gasteiger partial charge in [0, 0.05) is 23.4 Å². The largest absolute Gasteiger partial charge is 0.348 e. The number of anilines is 1. The maximum absolute atomic E-state index is 12.6. The third kappa shape index (κ3) is 4.65. The third-order valence-electron chi connectivity index (χ3n) is 4.78. The summed E-state index contributed by atoms with van der Waals surface area (Å²) in [6.07, 6.45) is 0. The van der Waals surface area contributed by atoms with Crippen LogP contribution in [0.25, 0.3) is 0 Å². The van der Waals surface area contributed by atoms with Crippen LogP contribution in [-0.4, -0.2) is 11.8 Å². The van der Waals surface area contributed by atoms with Crippen LogP contribution in [0.2, 0.25) is 0 Å². The number of rotatable bonds is 5. The molecule has 3 rings (SSSR count). The number of benzene rings is 3. The van der Waals surface area contributed by atoms with Crippen LogP contribution >= 0.6 is 0 Å². The Bertz CT molecular complexity index is 1020.